The van der Waals surface area contributed by atoms with Gasteiger partial charge in [0.05, 0.1) is 19.8 Å². The van der Waals surface area contributed by atoms with E-state index in [-0.39, 0.29) is 6.10 Å². The summed E-state index contributed by atoms with van der Waals surface area (Å²) in [5.41, 5.74) is 1.02. The Morgan fingerprint density at radius 1 is 1.21 bits per heavy atom. The van der Waals surface area contributed by atoms with Crippen LogP contribution in [0.15, 0.2) is 12.3 Å². The van der Waals surface area contributed by atoms with Crippen LogP contribution in [0.5, 0.6) is 0 Å². The third-order valence-electron chi connectivity index (χ3n) is 2.13. The minimum Gasteiger partial charge on any atom is -0.389 e. The summed E-state index contributed by atoms with van der Waals surface area (Å²) in [5, 5.41) is 3.21. The molecule has 1 N–H and O–H groups in total. The van der Waals surface area contributed by atoms with Crippen molar-refractivity contribution in [3.8, 4) is 0 Å². The van der Waals surface area contributed by atoms with Crippen molar-refractivity contribution in [3.63, 3.8) is 0 Å². The number of hydrogen-bond acceptors (Lipinski definition) is 5. The van der Waals surface area contributed by atoms with Gasteiger partial charge in [0.25, 0.3) is 0 Å². The molecule has 0 aliphatic rings. The third kappa shape index (κ3) is 14.0. The van der Waals surface area contributed by atoms with Gasteiger partial charge >= 0.3 is 8.60 Å². The van der Waals surface area contributed by atoms with Crippen LogP contribution in [-0.4, -0.2) is 26.4 Å². The molecular weight excluding hydrogens is 265 g/mol. The number of allylic oxidation sites excluding steroid dienone is 1. The molecule has 0 radical (unpaired) electrons. The first-order chi connectivity index (χ1) is 9.06. The van der Waals surface area contributed by atoms with Crippen molar-refractivity contribution in [3.05, 3.63) is 12.3 Å². The van der Waals surface area contributed by atoms with Gasteiger partial charge in [-0.2, -0.15) is 4.67 Å². The summed E-state index contributed by atoms with van der Waals surface area (Å²) in [6.45, 7) is 11.3. The number of nitrogens with one attached hydrogen (secondary N) is 1. The van der Waals surface area contributed by atoms with Crippen molar-refractivity contribution in [2.75, 3.05) is 20.3 Å². The summed E-state index contributed by atoms with van der Waals surface area (Å²) in [5.74, 6) is 0. The Labute approximate surface area is 118 Å². The first-order valence-corrected chi connectivity index (χ1v) is 7.85. The molecule has 0 bridgehead atoms. The van der Waals surface area contributed by atoms with Gasteiger partial charge in [-0.05, 0) is 33.6 Å². The lowest BCUT2D eigenvalue weighted by atomic mass is 10.2. The summed E-state index contributed by atoms with van der Waals surface area (Å²) in [4.78, 5) is 4.60. The number of unbranched alkanes of at least 4 members (excludes halogenated alkanes) is 3. The molecule has 114 valence electrons. The van der Waals surface area contributed by atoms with Gasteiger partial charge in [-0.25, -0.2) is 4.89 Å². The molecular formula is C13H28NO4P. The second-order valence-corrected chi connectivity index (χ2v) is 5.64. The largest absolute Gasteiger partial charge is 0.389 e. The van der Waals surface area contributed by atoms with E-state index in [9.17, 15) is 0 Å². The molecule has 0 aromatic carbocycles. The first kappa shape index (κ1) is 18.8. The predicted molar refractivity (Wildman–Crippen MR) is 78.5 cm³/mol. The molecule has 0 aromatic heterocycles. The maximum Gasteiger partial charge on any atom is 0.363 e. The smallest absolute Gasteiger partial charge is 0.363 e. The Morgan fingerprint density at radius 2 is 1.89 bits per heavy atom. The van der Waals surface area contributed by atoms with E-state index in [1.165, 1.54) is 13.5 Å². The highest BCUT2D eigenvalue weighted by Gasteiger charge is 2.14. The molecule has 0 saturated carbocycles. The fourth-order valence-electron chi connectivity index (χ4n) is 1.32. The fourth-order valence-corrected chi connectivity index (χ4v) is 2.21. The molecule has 1 unspecified atom stereocenters. The van der Waals surface area contributed by atoms with Gasteiger partial charge in [-0.3, -0.25) is 0 Å². The molecule has 1 atom stereocenters. The molecule has 0 rings (SSSR count). The van der Waals surface area contributed by atoms with Crippen molar-refractivity contribution in [1.82, 2.24) is 5.32 Å². The van der Waals surface area contributed by atoms with Gasteiger partial charge in [0.15, 0.2) is 0 Å². The molecule has 0 fully saturated rings. The molecule has 0 spiro atoms. The molecule has 6 heteroatoms. The Morgan fingerprint density at radius 3 is 2.47 bits per heavy atom. The minimum atomic E-state index is -1.38. The molecule has 5 nitrogen and oxygen atoms in total. The van der Waals surface area contributed by atoms with E-state index < -0.39 is 8.60 Å². The molecule has 0 amide bonds. The van der Waals surface area contributed by atoms with Gasteiger partial charge in [-0.15, -0.1) is 0 Å². The number of rotatable bonds is 13. The first-order valence-electron chi connectivity index (χ1n) is 6.76. The van der Waals surface area contributed by atoms with Crippen LogP contribution >= 0.6 is 8.60 Å². The topological polar surface area (TPSA) is 49.0 Å². The van der Waals surface area contributed by atoms with Gasteiger partial charge in [-0.1, -0.05) is 19.4 Å². The fraction of sp³-hybridized carbons (Fsp3) is 0.846. The van der Waals surface area contributed by atoms with Crippen molar-refractivity contribution in [1.29, 1.82) is 0 Å². The Balaban J connectivity index is 3.41. The van der Waals surface area contributed by atoms with E-state index >= 15 is 0 Å². The summed E-state index contributed by atoms with van der Waals surface area (Å²) in [6.07, 6.45) is 4.53. The minimum absolute atomic E-state index is 0.0643. The lowest BCUT2D eigenvalue weighted by Gasteiger charge is -2.16. The van der Waals surface area contributed by atoms with E-state index in [0.717, 1.165) is 31.5 Å². The zero-order valence-corrected chi connectivity index (χ0v) is 13.5. The maximum absolute atomic E-state index is 5.50. The molecule has 0 heterocycles. The second-order valence-electron chi connectivity index (χ2n) is 4.57. The van der Waals surface area contributed by atoms with Crippen LogP contribution in [0.4, 0.5) is 0 Å². The Bertz CT molecular complexity index is 227. The third-order valence-corrected chi connectivity index (χ3v) is 3.38. The average Bonchev–Trinajstić information content (AvgIpc) is 2.31. The standard InChI is InChI=1S/C13H28NO4P/c1-12(2)14-10-8-6-7-9-11-16-19(18-15-5)17-13(3)4/h13-14H,1,6-11H2,2-5H3. The summed E-state index contributed by atoms with van der Waals surface area (Å²) in [6, 6.07) is 0. The molecule has 0 aromatic rings. The lowest BCUT2D eigenvalue weighted by Crippen LogP contribution is -2.11. The monoisotopic (exact) mass is 293 g/mol. The van der Waals surface area contributed by atoms with Crippen molar-refractivity contribution >= 4 is 8.60 Å². The van der Waals surface area contributed by atoms with Crippen LogP contribution in [0.1, 0.15) is 46.5 Å². The quantitative estimate of drug-likeness (QED) is 0.241. The SMILES string of the molecule is C=C(C)NCCCCCCOP(OOC)OC(C)C. The van der Waals surface area contributed by atoms with Crippen LogP contribution in [0.25, 0.3) is 0 Å². The second kappa shape index (κ2) is 12.8. The Kier molecular flexibility index (Phi) is 12.7. The van der Waals surface area contributed by atoms with E-state index in [4.69, 9.17) is 13.7 Å². The summed E-state index contributed by atoms with van der Waals surface area (Å²) in [7, 11) is 0.0727. The van der Waals surface area contributed by atoms with Crippen molar-refractivity contribution < 1.29 is 18.6 Å². The zero-order valence-electron chi connectivity index (χ0n) is 12.6. The molecule has 0 aliphatic heterocycles. The van der Waals surface area contributed by atoms with Crippen molar-refractivity contribution in [2.24, 2.45) is 0 Å². The average molecular weight is 293 g/mol. The molecule has 19 heavy (non-hydrogen) atoms. The highest BCUT2D eigenvalue weighted by molar-refractivity contribution is 7.41. The number of hydrogen-bond donors (Lipinski definition) is 1. The van der Waals surface area contributed by atoms with Crippen LogP contribution in [0.3, 0.4) is 0 Å². The van der Waals surface area contributed by atoms with E-state index in [1.54, 1.807) is 0 Å². The van der Waals surface area contributed by atoms with Gasteiger partial charge in [0, 0.05) is 12.2 Å². The van der Waals surface area contributed by atoms with Gasteiger partial charge in [0.1, 0.15) is 0 Å². The molecule has 0 aliphatic carbocycles. The maximum atomic E-state index is 5.50. The van der Waals surface area contributed by atoms with Crippen LogP contribution in [0.2, 0.25) is 0 Å². The highest BCUT2D eigenvalue weighted by Crippen LogP contribution is 2.41. The Hall–Kier alpha value is -0.190. The zero-order chi connectivity index (χ0) is 14.5. The van der Waals surface area contributed by atoms with E-state index in [2.05, 4.69) is 16.8 Å². The van der Waals surface area contributed by atoms with E-state index in [1.807, 2.05) is 20.8 Å². The van der Waals surface area contributed by atoms with Crippen LogP contribution < -0.4 is 5.32 Å². The normalized spacial score (nSPS) is 12.7. The van der Waals surface area contributed by atoms with Gasteiger partial charge in [0.2, 0.25) is 0 Å². The van der Waals surface area contributed by atoms with E-state index in [0.29, 0.717) is 6.61 Å². The van der Waals surface area contributed by atoms with Crippen molar-refractivity contribution in [2.45, 2.75) is 52.6 Å². The summed E-state index contributed by atoms with van der Waals surface area (Å²) < 4.78 is 15.9. The predicted octanol–water partition coefficient (Wildman–Crippen LogP) is 3.92. The van der Waals surface area contributed by atoms with Crippen LogP contribution in [0, 0.1) is 0 Å². The highest BCUT2D eigenvalue weighted by atomic mass is 31.2. The van der Waals surface area contributed by atoms with Gasteiger partial charge < -0.3 is 14.4 Å². The van der Waals surface area contributed by atoms with Crippen LogP contribution in [-0.2, 0) is 18.6 Å². The lowest BCUT2D eigenvalue weighted by molar-refractivity contribution is -0.192. The molecule has 0 saturated heterocycles. The summed E-state index contributed by atoms with van der Waals surface area (Å²) >= 11 is 0.